The van der Waals surface area contributed by atoms with Gasteiger partial charge in [-0.25, -0.2) is 14.4 Å². The van der Waals surface area contributed by atoms with E-state index in [4.69, 9.17) is 23.2 Å². The molecule has 0 atom stereocenters. The third-order valence-corrected chi connectivity index (χ3v) is 3.80. The summed E-state index contributed by atoms with van der Waals surface area (Å²) in [6.45, 7) is 3.92. The molecule has 1 heterocycles. The lowest BCUT2D eigenvalue weighted by molar-refractivity contribution is 0.631. The molecule has 0 aliphatic rings. The highest BCUT2D eigenvalue weighted by molar-refractivity contribution is 7.98. The largest absolute Gasteiger partial charge is 0.367 e. The zero-order chi connectivity index (χ0) is 15.6. The summed E-state index contributed by atoms with van der Waals surface area (Å²) in [5.41, 5.74) is 0.589. The number of hydrogen-bond acceptors (Lipinski definition) is 4. The molecule has 0 aliphatic carbocycles. The molecule has 0 saturated heterocycles. The molecule has 1 N–H and O–H groups in total. The number of nitrogens with one attached hydrogen (secondary N) is 1. The van der Waals surface area contributed by atoms with Gasteiger partial charge in [-0.3, -0.25) is 0 Å². The Morgan fingerprint density at radius 2 is 1.90 bits per heavy atom. The summed E-state index contributed by atoms with van der Waals surface area (Å²) < 4.78 is 14.2. The van der Waals surface area contributed by atoms with Crippen molar-refractivity contribution in [2.45, 2.75) is 25.0 Å². The standard InChI is InChI=1S/C14H14Cl2FN3S/c1-7(2)18-13-11(12(16)19-14(20-13)21-3)10-8(15)5-4-6-9(10)17/h4-7H,1-3H3,(H,18,19,20). The number of rotatable bonds is 4. The molecule has 0 aliphatic heterocycles. The van der Waals surface area contributed by atoms with E-state index in [1.807, 2.05) is 20.1 Å². The van der Waals surface area contributed by atoms with Crippen molar-refractivity contribution in [3.63, 3.8) is 0 Å². The molecule has 0 radical (unpaired) electrons. The lowest BCUT2D eigenvalue weighted by Gasteiger charge is -2.17. The minimum Gasteiger partial charge on any atom is -0.367 e. The highest BCUT2D eigenvalue weighted by Gasteiger charge is 2.21. The van der Waals surface area contributed by atoms with E-state index >= 15 is 0 Å². The lowest BCUT2D eigenvalue weighted by atomic mass is 10.1. The molecule has 2 aromatic rings. The van der Waals surface area contributed by atoms with Crippen molar-refractivity contribution in [2.24, 2.45) is 0 Å². The normalized spacial score (nSPS) is 11.0. The second-order valence-corrected chi connectivity index (χ2v) is 6.16. The fraction of sp³-hybridized carbons (Fsp3) is 0.286. The third-order valence-electron chi connectivity index (χ3n) is 2.67. The van der Waals surface area contributed by atoms with Crippen LogP contribution in [0.3, 0.4) is 0 Å². The molecule has 7 heteroatoms. The Balaban J connectivity index is 2.72. The predicted molar refractivity (Wildman–Crippen MR) is 88.0 cm³/mol. The summed E-state index contributed by atoms with van der Waals surface area (Å²) in [5, 5.41) is 4.12. The third kappa shape index (κ3) is 3.59. The van der Waals surface area contributed by atoms with Crippen LogP contribution in [0.4, 0.5) is 10.2 Å². The van der Waals surface area contributed by atoms with Crippen molar-refractivity contribution in [2.75, 3.05) is 11.6 Å². The first kappa shape index (κ1) is 16.3. The van der Waals surface area contributed by atoms with Gasteiger partial charge in [-0.1, -0.05) is 41.0 Å². The second kappa shape index (κ2) is 6.81. The average Bonchev–Trinajstić information content (AvgIpc) is 2.40. The van der Waals surface area contributed by atoms with Gasteiger partial charge in [0.2, 0.25) is 0 Å². The molecule has 0 bridgehead atoms. The summed E-state index contributed by atoms with van der Waals surface area (Å²) in [7, 11) is 0. The quantitative estimate of drug-likeness (QED) is 0.473. The van der Waals surface area contributed by atoms with E-state index < -0.39 is 5.82 Å². The van der Waals surface area contributed by atoms with E-state index in [0.29, 0.717) is 16.5 Å². The molecular formula is C14H14Cl2FN3S. The number of benzene rings is 1. The van der Waals surface area contributed by atoms with Crippen LogP contribution in [0.1, 0.15) is 13.8 Å². The highest BCUT2D eigenvalue weighted by atomic mass is 35.5. The maximum Gasteiger partial charge on any atom is 0.190 e. The van der Waals surface area contributed by atoms with Crippen LogP contribution in [0.2, 0.25) is 10.2 Å². The van der Waals surface area contributed by atoms with Gasteiger partial charge in [-0.05, 0) is 32.2 Å². The minimum absolute atomic E-state index is 0.106. The van der Waals surface area contributed by atoms with Gasteiger partial charge < -0.3 is 5.32 Å². The van der Waals surface area contributed by atoms with E-state index in [1.54, 1.807) is 12.1 Å². The Morgan fingerprint density at radius 1 is 1.19 bits per heavy atom. The summed E-state index contributed by atoms with van der Waals surface area (Å²) >= 11 is 13.7. The molecule has 1 aromatic carbocycles. The minimum atomic E-state index is -0.461. The van der Waals surface area contributed by atoms with Gasteiger partial charge in [0.1, 0.15) is 16.8 Å². The summed E-state index contributed by atoms with van der Waals surface area (Å²) in [6, 6.07) is 4.59. The molecule has 0 saturated carbocycles. The number of halogens is 3. The van der Waals surface area contributed by atoms with Crippen molar-refractivity contribution in [1.82, 2.24) is 9.97 Å². The van der Waals surface area contributed by atoms with Gasteiger partial charge >= 0.3 is 0 Å². The van der Waals surface area contributed by atoms with E-state index in [-0.39, 0.29) is 21.8 Å². The lowest BCUT2D eigenvalue weighted by Crippen LogP contribution is -2.13. The Kier molecular flexibility index (Phi) is 5.30. The molecule has 21 heavy (non-hydrogen) atoms. The number of aromatic nitrogens is 2. The molecule has 0 amide bonds. The maximum absolute atomic E-state index is 14.2. The van der Waals surface area contributed by atoms with E-state index in [1.165, 1.54) is 17.8 Å². The monoisotopic (exact) mass is 345 g/mol. The summed E-state index contributed by atoms with van der Waals surface area (Å²) in [5.74, 6) is 0.0121. The Labute approximate surface area is 137 Å². The Hall–Kier alpha value is -1.04. The van der Waals surface area contributed by atoms with Gasteiger partial charge in [0.15, 0.2) is 5.16 Å². The van der Waals surface area contributed by atoms with E-state index in [2.05, 4.69) is 15.3 Å². The second-order valence-electron chi connectivity index (χ2n) is 4.62. The Bertz CT molecular complexity index is 645. The van der Waals surface area contributed by atoms with Gasteiger partial charge in [-0.15, -0.1) is 0 Å². The predicted octanol–water partition coefficient (Wildman–Crippen LogP) is 5.13. The summed E-state index contributed by atoms with van der Waals surface area (Å²) in [4.78, 5) is 8.55. The molecular weight excluding hydrogens is 332 g/mol. The molecule has 2 rings (SSSR count). The van der Waals surface area contributed by atoms with Crippen LogP contribution < -0.4 is 5.32 Å². The van der Waals surface area contributed by atoms with Crippen molar-refractivity contribution in [1.29, 1.82) is 0 Å². The van der Waals surface area contributed by atoms with Crippen molar-refractivity contribution in [3.05, 3.63) is 34.2 Å². The molecule has 3 nitrogen and oxygen atoms in total. The first-order valence-electron chi connectivity index (χ1n) is 6.26. The maximum atomic E-state index is 14.2. The Morgan fingerprint density at radius 3 is 2.48 bits per heavy atom. The van der Waals surface area contributed by atoms with E-state index in [9.17, 15) is 4.39 Å². The van der Waals surface area contributed by atoms with Gasteiger partial charge in [-0.2, -0.15) is 0 Å². The smallest absolute Gasteiger partial charge is 0.190 e. The molecule has 112 valence electrons. The van der Waals surface area contributed by atoms with Crippen LogP contribution in [0.15, 0.2) is 23.4 Å². The van der Waals surface area contributed by atoms with Crippen LogP contribution >= 0.6 is 35.0 Å². The van der Waals surface area contributed by atoms with Crippen molar-refractivity contribution >= 4 is 40.8 Å². The fourth-order valence-corrected chi connectivity index (χ4v) is 2.78. The van der Waals surface area contributed by atoms with E-state index in [0.717, 1.165) is 0 Å². The van der Waals surface area contributed by atoms with Crippen LogP contribution in [0.25, 0.3) is 11.1 Å². The zero-order valence-electron chi connectivity index (χ0n) is 11.7. The topological polar surface area (TPSA) is 37.8 Å². The molecule has 0 spiro atoms. The van der Waals surface area contributed by atoms with Gasteiger partial charge in [0, 0.05) is 11.6 Å². The van der Waals surface area contributed by atoms with Crippen LogP contribution in [-0.2, 0) is 0 Å². The number of nitrogens with zero attached hydrogens (tertiary/aromatic N) is 2. The van der Waals surface area contributed by atoms with Crippen LogP contribution in [-0.4, -0.2) is 22.3 Å². The summed E-state index contributed by atoms with van der Waals surface area (Å²) in [6.07, 6.45) is 1.85. The molecule has 1 aromatic heterocycles. The average molecular weight is 346 g/mol. The van der Waals surface area contributed by atoms with Crippen LogP contribution in [0, 0.1) is 5.82 Å². The van der Waals surface area contributed by atoms with Gasteiger partial charge in [0.05, 0.1) is 10.6 Å². The number of anilines is 1. The number of thioether (sulfide) groups is 1. The molecule has 0 fully saturated rings. The number of hydrogen-bond donors (Lipinski definition) is 1. The fourth-order valence-electron chi connectivity index (χ4n) is 1.84. The molecule has 0 unspecified atom stereocenters. The SMILES string of the molecule is CSc1nc(Cl)c(-c2c(F)cccc2Cl)c(NC(C)C)n1. The first-order valence-corrected chi connectivity index (χ1v) is 8.24. The van der Waals surface area contributed by atoms with Crippen molar-refractivity contribution < 1.29 is 4.39 Å². The first-order chi connectivity index (χ1) is 9.93. The van der Waals surface area contributed by atoms with Gasteiger partial charge in [0.25, 0.3) is 0 Å². The van der Waals surface area contributed by atoms with Crippen LogP contribution in [0.5, 0.6) is 0 Å². The zero-order valence-corrected chi connectivity index (χ0v) is 14.1. The highest BCUT2D eigenvalue weighted by Crippen LogP contribution is 2.39. The van der Waals surface area contributed by atoms with Crippen molar-refractivity contribution in [3.8, 4) is 11.1 Å².